The number of benzene rings is 2. The van der Waals surface area contributed by atoms with Crippen LogP contribution < -0.4 is 4.74 Å². The van der Waals surface area contributed by atoms with E-state index in [1.807, 2.05) is 0 Å². The smallest absolute Gasteiger partial charge is 0.194 e. The second-order valence-electron chi connectivity index (χ2n) is 4.09. The molecule has 0 saturated carbocycles. The second-order valence-corrected chi connectivity index (χ2v) is 4.94. The van der Waals surface area contributed by atoms with Gasteiger partial charge in [-0.2, -0.15) is 0 Å². The summed E-state index contributed by atoms with van der Waals surface area (Å²) in [7, 11) is 1.49. The maximum absolute atomic E-state index is 13.2. The summed E-state index contributed by atoms with van der Waals surface area (Å²) in [5, 5.41) is 10.1. The van der Waals surface area contributed by atoms with Gasteiger partial charge in [0.25, 0.3) is 0 Å². The zero-order valence-electron chi connectivity index (χ0n) is 10.3. The zero-order valence-corrected chi connectivity index (χ0v) is 11.9. The molecule has 20 heavy (non-hydrogen) atoms. The lowest BCUT2D eigenvalue weighted by molar-refractivity contribution is 0.217. The minimum absolute atomic E-state index is 0.0766. The molecule has 2 aromatic carbocycles. The van der Waals surface area contributed by atoms with Crippen LogP contribution in [-0.2, 0) is 0 Å². The summed E-state index contributed by atoms with van der Waals surface area (Å²) in [5.41, 5.74) is 0.309. The number of hydrogen-bond donors (Lipinski definition) is 1. The number of methoxy groups -OCH3 is 1. The fourth-order valence-corrected chi connectivity index (χ4v) is 2.34. The SMILES string of the molecule is COc1ccc(C(O)c2cc(F)c(F)c(F)c2)c(Br)c1. The van der Waals surface area contributed by atoms with E-state index in [2.05, 4.69) is 15.9 Å². The molecule has 0 aromatic heterocycles. The molecular weight excluding hydrogens is 337 g/mol. The quantitative estimate of drug-likeness (QED) is 0.852. The van der Waals surface area contributed by atoms with Crippen molar-refractivity contribution in [2.75, 3.05) is 7.11 Å². The van der Waals surface area contributed by atoms with Crippen LogP contribution in [0.15, 0.2) is 34.8 Å². The molecule has 2 aromatic rings. The highest BCUT2D eigenvalue weighted by atomic mass is 79.9. The number of ether oxygens (including phenoxy) is 1. The van der Waals surface area contributed by atoms with Gasteiger partial charge in [-0.1, -0.05) is 22.0 Å². The van der Waals surface area contributed by atoms with Crippen LogP contribution in [0.5, 0.6) is 5.75 Å². The number of hydrogen-bond acceptors (Lipinski definition) is 2. The normalized spacial score (nSPS) is 12.3. The van der Waals surface area contributed by atoms with Gasteiger partial charge in [-0.05, 0) is 35.4 Å². The van der Waals surface area contributed by atoms with Crippen molar-refractivity contribution in [2.45, 2.75) is 6.10 Å². The Kier molecular flexibility index (Phi) is 4.35. The Balaban J connectivity index is 2.43. The van der Waals surface area contributed by atoms with Crippen LogP contribution in [0.4, 0.5) is 13.2 Å². The molecule has 1 unspecified atom stereocenters. The number of rotatable bonds is 3. The van der Waals surface area contributed by atoms with Gasteiger partial charge >= 0.3 is 0 Å². The van der Waals surface area contributed by atoms with E-state index >= 15 is 0 Å². The fraction of sp³-hybridized carbons (Fsp3) is 0.143. The second kappa shape index (κ2) is 5.85. The molecule has 0 amide bonds. The van der Waals surface area contributed by atoms with Crippen LogP contribution in [0.3, 0.4) is 0 Å². The first kappa shape index (κ1) is 14.9. The van der Waals surface area contributed by atoms with Crippen molar-refractivity contribution in [1.82, 2.24) is 0 Å². The molecule has 0 spiro atoms. The third-order valence-electron chi connectivity index (χ3n) is 2.82. The van der Waals surface area contributed by atoms with Crippen LogP contribution in [0.2, 0.25) is 0 Å². The van der Waals surface area contributed by atoms with Gasteiger partial charge in [0, 0.05) is 4.47 Å². The molecule has 0 heterocycles. The average Bonchev–Trinajstić information content (AvgIpc) is 2.43. The first-order chi connectivity index (χ1) is 9.43. The Labute approximate surface area is 121 Å². The molecule has 0 saturated heterocycles. The van der Waals surface area contributed by atoms with Crippen molar-refractivity contribution in [2.24, 2.45) is 0 Å². The lowest BCUT2D eigenvalue weighted by Gasteiger charge is -2.14. The van der Waals surface area contributed by atoms with Gasteiger partial charge in [-0.15, -0.1) is 0 Å². The minimum Gasteiger partial charge on any atom is -0.497 e. The van der Waals surface area contributed by atoms with Crippen LogP contribution in [0, 0.1) is 17.5 Å². The lowest BCUT2D eigenvalue weighted by atomic mass is 10.0. The molecule has 0 aliphatic rings. The number of aliphatic hydroxyl groups excluding tert-OH is 1. The molecule has 0 fully saturated rings. The van der Waals surface area contributed by atoms with E-state index < -0.39 is 23.6 Å². The monoisotopic (exact) mass is 346 g/mol. The summed E-state index contributed by atoms with van der Waals surface area (Å²) in [6.45, 7) is 0. The molecule has 2 rings (SSSR count). The van der Waals surface area contributed by atoms with Crippen LogP contribution >= 0.6 is 15.9 Å². The van der Waals surface area contributed by atoms with E-state index in [1.165, 1.54) is 7.11 Å². The van der Waals surface area contributed by atoms with Crippen LogP contribution in [-0.4, -0.2) is 12.2 Å². The molecule has 2 nitrogen and oxygen atoms in total. The summed E-state index contributed by atoms with van der Waals surface area (Å²) in [6.07, 6.45) is -1.29. The molecule has 1 N–H and O–H groups in total. The highest BCUT2D eigenvalue weighted by Gasteiger charge is 2.19. The summed E-state index contributed by atoms with van der Waals surface area (Å²) < 4.78 is 44.8. The van der Waals surface area contributed by atoms with Crippen molar-refractivity contribution >= 4 is 15.9 Å². The van der Waals surface area contributed by atoms with Crippen molar-refractivity contribution in [1.29, 1.82) is 0 Å². The molecule has 106 valence electrons. The van der Waals surface area contributed by atoms with E-state index in [-0.39, 0.29) is 5.56 Å². The van der Waals surface area contributed by atoms with Gasteiger partial charge in [0.2, 0.25) is 0 Å². The maximum atomic E-state index is 13.2. The van der Waals surface area contributed by atoms with Crippen molar-refractivity contribution in [3.05, 3.63) is 63.4 Å². The van der Waals surface area contributed by atoms with E-state index in [0.717, 1.165) is 12.1 Å². The van der Waals surface area contributed by atoms with Gasteiger partial charge < -0.3 is 9.84 Å². The van der Waals surface area contributed by atoms with Gasteiger partial charge in [-0.3, -0.25) is 0 Å². The van der Waals surface area contributed by atoms with E-state index in [4.69, 9.17) is 4.74 Å². The first-order valence-electron chi connectivity index (χ1n) is 5.60. The highest BCUT2D eigenvalue weighted by molar-refractivity contribution is 9.10. The third-order valence-corrected chi connectivity index (χ3v) is 3.51. The third kappa shape index (κ3) is 2.81. The fourth-order valence-electron chi connectivity index (χ4n) is 1.77. The van der Waals surface area contributed by atoms with E-state index in [1.54, 1.807) is 18.2 Å². The molecule has 0 aliphatic heterocycles. The largest absolute Gasteiger partial charge is 0.497 e. The predicted molar refractivity (Wildman–Crippen MR) is 71.1 cm³/mol. The van der Waals surface area contributed by atoms with E-state index in [9.17, 15) is 18.3 Å². The predicted octanol–water partition coefficient (Wildman–Crippen LogP) is 3.96. The summed E-state index contributed by atoms with van der Waals surface area (Å²) >= 11 is 3.24. The molecule has 1 atom stereocenters. The molecule has 0 bridgehead atoms. The Bertz CT molecular complexity index is 623. The van der Waals surface area contributed by atoms with Crippen molar-refractivity contribution in [3.63, 3.8) is 0 Å². The standard InChI is InChI=1S/C14H10BrF3O2/c1-20-8-2-3-9(10(15)6-8)14(19)7-4-11(16)13(18)12(17)5-7/h2-6,14,19H,1H3. The molecule has 6 heteroatoms. The maximum Gasteiger partial charge on any atom is 0.194 e. The van der Waals surface area contributed by atoms with Crippen molar-refractivity contribution in [3.8, 4) is 5.75 Å². The first-order valence-corrected chi connectivity index (χ1v) is 6.39. The van der Waals surface area contributed by atoms with Crippen LogP contribution in [0.1, 0.15) is 17.2 Å². The van der Waals surface area contributed by atoms with Crippen molar-refractivity contribution < 1.29 is 23.0 Å². The Morgan fingerprint density at radius 3 is 2.20 bits per heavy atom. The minimum atomic E-state index is -1.56. The molecular formula is C14H10BrF3O2. The molecule has 0 radical (unpaired) electrons. The summed E-state index contributed by atoms with van der Waals surface area (Å²) in [5.74, 6) is -3.69. The average molecular weight is 347 g/mol. The summed E-state index contributed by atoms with van der Waals surface area (Å²) in [4.78, 5) is 0. The topological polar surface area (TPSA) is 29.5 Å². The van der Waals surface area contributed by atoms with Gasteiger partial charge in [0.05, 0.1) is 7.11 Å². The Morgan fingerprint density at radius 1 is 1.10 bits per heavy atom. The van der Waals surface area contributed by atoms with Crippen LogP contribution in [0.25, 0.3) is 0 Å². The van der Waals surface area contributed by atoms with Gasteiger partial charge in [-0.25, -0.2) is 13.2 Å². The Hall–Kier alpha value is -1.53. The number of halogens is 4. The van der Waals surface area contributed by atoms with Gasteiger partial charge in [0.15, 0.2) is 17.5 Å². The number of aliphatic hydroxyl groups is 1. The highest BCUT2D eigenvalue weighted by Crippen LogP contribution is 2.32. The van der Waals surface area contributed by atoms with E-state index in [0.29, 0.717) is 15.8 Å². The lowest BCUT2D eigenvalue weighted by Crippen LogP contribution is -2.04. The van der Waals surface area contributed by atoms with Gasteiger partial charge in [0.1, 0.15) is 11.9 Å². The zero-order chi connectivity index (χ0) is 14.9. The summed E-state index contributed by atoms with van der Waals surface area (Å²) in [6, 6.07) is 6.28. The Morgan fingerprint density at radius 2 is 1.70 bits per heavy atom. The molecule has 0 aliphatic carbocycles.